The average molecular weight is 223 g/mol. The summed E-state index contributed by atoms with van der Waals surface area (Å²) in [6.07, 6.45) is 0. The Morgan fingerprint density at radius 2 is 2.00 bits per heavy atom. The number of hydrogen-bond donors (Lipinski definition) is 1. The van der Waals surface area contributed by atoms with Gasteiger partial charge in [0.25, 0.3) is 0 Å². The Morgan fingerprint density at radius 3 is 2.73 bits per heavy atom. The number of benzene rings is 1. The number of halogens is 1. The normalized spacial score (nSPS) is 12.7. The molecule has 1 aromatic heterocycles. The van der Waals surface area contributed by atoms with Crippen molar-refractivity contribution in [3.63, 3.8) is 0 Å². The van der Waals surface area contributed by atoms with Crippen LogP contribution in [0.5, 0.6) is 0 Å². The highest BCUT2D eigenvalue weighted by Gasteiger charge is 2.01. The molecule has 78 valence electrons. The first-order valence-electron chi connectivity index (χ1n) is 4.73. The van der Waals surface area contributed by atoms with Crippen molar-refractivity contribution >= 4 is 28.6 Å². The van der Waals surface area contributed by atoms with Crippen LogP contribution < -0.4 is 5.32 Å². The first kappa shape index (κ1) is 10.1. The molecule has 15 heavy (non-hydrogen) atoms. The highest BCUT2D eigenvalue weighted by atomic mass is 35.5. The van der Waals surface area contributed by atoms with Crippen LogP contribution >= 0.6 is 11.6 Å². The molecule has 0 saturated heterocycles. The monoisotopic (exact) mass is 222 g/mol. The van der Waals surface area contributed by atoms with E-state index in [0.717, 1.165) is 11.0 Å². The lowest BCUT2D eigenvalue weighted by Crippen LogP contribution is -2.13. The minimum atomic E-state index is 0.0417. The molecule has 0 radical (unpaired) electrons. The van der Waals surface area contributed by atoms with Gasteiger partial charge < -0.3 is 5.32 Å². The maximum Gasteiger partial charge on any atom is 0.243 e. The zero-order valence-corrected chi connectivity index (χ0v) is 9.07. The molecule has 0 aliphatic carbocycles. The smallest absolute Gasteiger partial charge is 0.243 e. The molecule has 1 heterocycles. The first-order chi connectivity index (χ1) is 7.25. The second-order valence-electron chi connectivity index (χ2n) is 3.29. The highest BCUT2D eigenvalue weighted by molar-refractivity contribution is 6.20. The fraction of sp³-hybridized carbons (Fsp3) is 0.300. The van der Waals surface area contributed by atoms with Crippen LogP contribution in [0.2, 0.25) is 0 Å². The van der Waals surface area contributed by atoms with Crippen LogP contribution in [0.25, 0.3) is 11.0 Å². The van der Waals surface area contributed by atoms with Gasteiger partial charge in [-0.25, -0.2) is 4.98 Å². The fourth-order valence-electron chi connectivity index (χ4n) is 1.19. The summed E-state index contributed by atoms with van der Waals surface area (Å²) in [6.45, 7) is 2.53. The fourth-order valence-corrected chi connectivity index (χ4v) is 1.26. The van der Waals surface area contributed by atoms with Gasteiger partial charge in [-0.15, -0.1) is 21.8 Å². The van der Waals surface area contributed by atoms with Gasteiger partial charge in [-0.2, -0.15) is 0 Å². The Morgan fingerprint density at radius 1 is 1.27 bits per heavy atom. The van der Waals surface area contributed by atoms with Crippen molar-refractivity contribution in [1.29, 1.82) is 0 Å². The molecule has 2 rings (SSSR count). The molecular weight excluding hydrogens is 212 g/mol. The topological polar surface area (TPSA) is 50.7 Å². The molecule has 4 nitrogen and oxygen atoms in total. The number of para-hydroxylation sites is 1. The summed E-state index contributed by atoms with van der Waals surface area (Å²) in [5.74, 6) is 0.515. The number of nitrogens with one attached hydrogen (secondary N) is 1. The van der Waals surface area contributed by atoms with E-state index in [4.69, 9.17) is 11.6 Å². The third kappa shape index (κ3) is 2.53. The molecule has 0 amide bonds. The molecule has 1 atom stereocenters. The Bertz CT molecular complexity index is 458. The van der Waals surface area contributed by atoms with Crippen molar-refractivity contribution in [3.05, 3.63) is 24.3 Å². The lowest BCUT2D eigenvalue weighted by atomic mass is 10.3. The van der Waals surface area contributed by atoms with Crippen LogP contribution in [0.1, 0.15) is 6.92 Å². The van der Waals surface area contributed by atoms with Gasteiger partial charge in [0.1, 0.15) is 5.52 Å². The predicted molar refractivity (Wildman–Crippen MR) is 61.1 cm³/mol. The Hall–Kier alpha value is -1.42. The summed E-state index contributed by atoms with van der Waals surface area (Å²) in [6, 6.07) is 7.61. The highest BCUT2D eigenvalue weighted by Crippen LogP contribution is 2.08. The van der Waals surface area contributed by atoms with Crippen molar-refractivity contribution < 1.29 is 0 Å². The lowest BCUT2D eigenvalue weighted by Gasteiger charge is -2.05. The van der Waals surface area contributed by atoms with E-state index in [2.05, 4.69) is 20.5 Å². The minimum absolute atomic E-state index is 0.0417. The van der Waals surface area contributed by atoms with Gasteiger partial charge in [-0.3, -0.25) is 0 Å². The van der Waals surface area contributed by atoms with Gasteiger partial charge in [0.2, 0.25) is 5.95 Å². The van der Waals surface area contributed by atoms with Crippen LogP contribution in [-0.4, -0.2) is 27.1 Å². The van der Waals surface area contributed by atoms with E-state index in [9.17, 15) is 0 Å². The van der Waals surface area contributed by atoms with Gasteiger partial charge in [-0.05, 0) is 19.1 Å². The summed E-state index contributed by atoms with van der Waals surface area (Å²) >= 11 is 5.81. The molecule has 0 saturated carbocycles. The predicted octanol–water partition coefficient (Wildman–Crippen LogP) is 2.06. The van der Waals surface area contributed by atoms with E-state index in [1.54, 1.807) is 0 Å². The van der Waals surface area contributed by atoms with E-state index in [1.807, 2.05) is 31.2 Å². The Kier molecular flexibility index (Phi) is 2.97. The summed E-state index contributed by atoms with van der Waals surface area (Å²) in [5.41, 5.74) is 1.62. The largest absolute Gasteiger partial charge is 0.351 e. The molecular formula is C10H11ClN4. The van der Waals surface area contributed by atoms with Crippen LogP contribution in [0.3, 0.4) is 0 Å². The number of hydrogen-bond acceptors (Lipinski definition) is 4. The number of rotatable bonds is 3. The van der Waals surface area contributed by atoms with Crippen LogP contribution in [0.15, 0.2) is 24.3 Å². The number of nitrogens with zero attached hydrogens (tertiary/aromatic N) is 3. The second kappa shape index (κ2) is 4.40. The van der Waals surface area contributed by atoms with Crippen molar-refractivity contribution in [2.24, 2.45) is 0 Å². The third-order valence-corrected chi connectivity index (χ3v) is 2.06. The molecule has 0 aliphatic heterocycles. The maximum absolute atomic E-state index is 5.81. The van der Waals surface area contributed by atoms with Crippen molar-refractivity contribution in [2.75, 3.05) is 11.9 Å². The zero-order chi connectivity index (χ0) is 10.7. The summed E-state index contributed by atoms with van der Waals surface area (Å²) in [5, 5.41) is 11.1. The van der Waals surface area contributed by atoms with Crippen LogP contribution in [0.4, 0.5) is 5.95 Å². The van der Waals surface area contributed by atoms with E-state index in [0.29, 0.717) is 12.5 Å². The molecule has 1 N–H and O–H groups in total. The number of fused-ring (bicyclic) bond motifs is 1. The van der Waals surface area contributed by atoms with Crippen molar-refractivity contribution in [2.45, 2.75) is 12.3 Å². The molecule has 1 aromatic carbocycles. The van der Waals surface area contributed by atoms with Gasteiger partial charge in [0, 0.05) is 11.9 Å². The second-order valence-corrected chi connectivity index (χ2v) is 4.03. The molecule has 0 aliphatic rings. The van der Waals surface area contributed by atoms with Gasteiger partial charge in [-0.1, -0.05) is 12.1 Å². The molecule has 0 bridgehead atoms. The minimum Gasteiger partial charge on any atom is -0.351 e. The maximum atomic E-state index is 5.81. The molecule has 0 spiro atoms. The van der Waals surface area contributed by atoms with Gasteiger partial charge >= 0.3 is 0 Å². The molecule has 0 fully saturated rings. The first-order valence-corrected chi connectivity index (χ1v) is 5.17. The van der Waals surface area contributed by atoms with Crippen molar-refractivity contribution in [1.82, 2.24) is 15.2 Å². The number of anilines is 1. The van der Waals surface area contributed by atoms with E-state index in [1.165, 1.54) is 0 Å². The van der Waals surface area contributed by atoms with Crippen molar-refractivity contribution in [3.8, 4) is 0 Å². The SMILES string of the molecule is CC(Cl)CNc1nnc2ccccc2n1. The van der Waals surface area contributed by atoms with Gasteiger partial charge in [0.05, 0.1) is 5.52 Å². The Balaban J connectivity index is 2.23. The van der Waals surface area contributed by atoms with Gasteiger partial charge in [0.15, 0.2) is 0 Å². The van der Waals surface area contributed by atoms with E-state index < -0.39 is 0 Å². The molecule has 5 heteroatoms. The number of alkyl halides is 1. The molecule has 1 unspecified atom stereocenters. The average Bonchev–Trinajstić information content (AvgIpc) is 2.26. The zero-order valence-electron chi connectivity index (χ0n) is 8.31. The van der Waals surface area contributed by atoms with Crippen LogP contribution in [0, 0.1) is 0 Å². The third-order valence-electron chi connectivity index (χ3n) is 1.90. The summed E-state index contributed by atoms with van der Waals surface area (Å²) in [7, 11) is 0. The van der Waals surface area contributed by atoms with E-state index in [-0.39, 0.29) is 5.38 Å². The van der Waals surface area contributed by atoms with Crippen LogP contribution in [-0.2, 0) is 0 Å². The standard InChI is InChI=1S/C10H11ClN4/c1-7(11)6-12-10-13-8-4-2-3-5-9(8)14-15-10/h2-5,7H,6H2,1H3,(H,12,13,15). The number of aromatic nitrogens is 3. The lowest BCUT2D eigenvalue weighted by molar-refractivity contribution is 0.936. The summed E-state index contributed by atoms with van der Waals surface area (Å²) in [4.78, 5) is 4.30. The molecule has 2 aromatic rings. The Labute approximate surface area is 92.7 Å². The summed E-state index contributed by atoms with van der Waals surface area (Å²) < 4.78 is 0. The quantitative estimate of drug-likeness (QED) is 0.808. The van der Waals surface area contributed by atoms with E-state index >= 15 is 0 Å².